The Kier molecular flexibility index (Phi) is 5.20. The number of nitrogens with one attached hydrogen (secondary N) is 2. The first-order chi connectivity index (χ1) is 14.8. The Morgan fingerprint density at radius 3 is 2.65 bits per heavy atom. The summed E-state index contributed by atoms with van der Waals surface area (Å²) in [7, 11) is 0. The van der Waals surface area contributed by atoms with Crippen LogP contribution in [0.5, 0.6) is 5.75 Å². The van der Waals surface area contributed by atoms with Crippen LogP contribution in [0.1, 0.15) is 5.69 Å². The number of para-hydroxylation sites is 2. The number of anilines is 2. The van der Waals surface area contributed by atoms with Gasteiger partial charge in [0.15, 0.2) is 5.75 Å². The molecule has 0 fully saturated rings. The van der Waals surface area contributed by atoms with Gasteiger partial charge in [-0.1, -0.05) is 24.3 Å². The number of urea groups is 1. The Morgan fingerprint density at radius 2 is 1.87 bits per heavy atom. The van der Waals surface area contributed by atoms with Gasteiger partial charge in [-0.3, -0.25) is 4.40 Å². The molecule has 2 aromatic heterocycles. The average molecular weight is 427 g/mol. The molecule has 0 spiro atoms. The number of benzene rings is 2. The smallest absolute Gasteiger partial charge is 0.404 e. The number of imidazole rings is 1. The van der Waals surface area contributed by atoms with E-state index in [0.717, 1.165) is 17.3 Å². The van der Waals surface area contributed by atoms with Crippen LogP contribution < -0.4 is 15.4 Å². The van der Waals surface area contributed by atoms with Crippen LogP contribution in [0.3, 0.4) is 0 Å². The van der Waals surface area contributed by atoms with Crippen molar-refractivity contribution in [1.29, 1.82) is 0 Å². The van der Waals surface area contributed by atoms with E-state index in [1.807, 2.05) is 23.6 Å². The molecule has 2 heterocycles. The first-order valence-electron chi connectivity index (χ1n) is 9.13. The third-order valence-electron chi connectivity index (χ3n) is 4.40. The standard InChI is InChI=1S/C21H16F3N5O2/c1-13-18(28-19-25-10-5-11-29(13)19)14-6-4-7-15(12-14)26-20(30)27-16-8-2-3-9-17(16)31-21(22,23)24/h2-12H,1H3,(H2,26,27,30). The molecule has 31 heavy (non-hydrogen) atoms. The lowest BCUT2D eigenvalue weighted by Crippen LogP contribution is -2.22. The molecule has 0 aliphatic carbocycles. The molecule has 4 rings (SSSR count). The van der Waals surface area contributed by atoms with Crippen LogP contribution in [0.25, 0.3) is 17.0 Å². The zero-order valence-corrected chi connectivity index (χ0v) is 16.1. The number of nitrogens with zero attached hydrogens (tertiary/aromatic N) is 3. The number of amides is 2. The topological polar surface area (TPSA) is 80.5 Å². The molecule has 0 aliphatic rings. The van der Waals surface area contributed by atoms with E-state index in [1.54, 1.807) is 30.5 Å². The van der Waals surface area contributed by atoms with Crippen molar-refractivity contribution in [2.24, 2.45) is 0 Å². The first-order valence-corrected chi connectivity index (χ1v) is 9.13. The first kappa shape index (κ1) is 20.2. The summed E-state index contributed by atoms with van der Waals surface area (Å²) >= 11 is 0. The number of halogens is 3. The molecule has 158 valence electrons. The second-order valence-electron chi connectivity index (χ2n) is 6.54. The van der Waals surface area contributed by atoms with Gasteiger partial charge in [-0.25, -0.2) is 14.8 Å². The van der Waals surface area contributed by atoms with Crippen LogP contribution in [-0.4, -0.2) is 26.8 Å². The normalized spacial score (nSPS) is 11.4. The minimum atomic E-state index is -4.87. The maximum atomic E-state index is 12.6. The second kappa shape index (κ2) is 7.98. The summed E-state index contributed by atoms with van der Waals surface area (Å²) in [5.74, 6) is 0.0408. The third kappa shape index (κ3) is 4.58. The van der Waals surface area contributed by atoms with Gasteiger partial charge in [0.2, 0.25) is 5.78 Å². The molecule has 0 saturated heterocycles. The van der Waals surface area contributed by atoms with Gasteiger partial charge < -0.3 is 15.4 Å². The van der Waals surface area contributed by atoms with Crippen molar-refractivity contribution in [2.75, 3.05) is 10.6 Å². The number of ether oxygens (including phenoxy) is 1. The summed E-state index contributed by atoms with van der Waals surface area (Å²) in [6, 6.07) is 13.3. The highest BCUT2D eigenvalue weighted by molar-refractivity contribution is 6.01. The van der Waals surface area contributed by atoms with E-state index in [0.29, 0.717) is 17.2 Å². The highest BCUT2D eigenvalue weighted by atomic mass is 19.4. The zero-order valence-electron chi connectivity index (χ0n) is 16.1. The molecule has 0 atom stereocenters. The number of carbonyl (C=O) groups is 1. The van der Waals surface area contributed by atoms with Crippen molar-refractivity contribution in [2.45, 2.75) is 13.3 Å². The minimum Gasteiger partial charge on any atom is -0.404 e. The van der Waals surface area contributed by atoms with Crippen LogP contribution in [0.4, 0.5) is 29.3 Å². The van der Waals surface area contributed by atoms with Crippen LogP contribution in [-0.2, 0) is 0 Å². The lowest BCUT2D eigenvalue weighted by atomic mass is 10.1. The summed E-state index contributed by atoms with van der Waals surface area (Å²) in [6.45, 7) is 1.90. The SMILES string of the molecule is Cc1c(-c2cccc(NC(=O)Nc3ccccc3OC(F)(F)F)c2)nc2ncccn12. The molecule has 2 N–H and O–H groups in total. The van der Waals surface area contributed by atoms with E-state index < -0.39 is 18.1 Å². The van der Waals surface area contributed by atoms with Gasteiger partial charge in [-0.15, -0.1) is 13.2 Å². The van der Waals surface area contributed by atoms with Gasteiger partial charge in [0, 0.05) is 29.3 Å². The van der Waals surface area contributed by atoms with Crippen molar-refractivity contribution in [3.05, 3.63) is 72.7 Å². The number of aryl methyl sites for hydroxylation is 1. The second-order valence-corrected chi connectivity index (χ2v) is 6.54. The highest BCUT2D eigenvalue weighted by Crippen LogP contribution is 2.30. The minimum absolute atomic E-state index is 0.115. The molecule has 0 bridgehead atoms. The summed E-state index contributed by atoms with van der Waals surface area (Å²) in [5, 5.41) is 4.98. The number of alkyl halides is 3. The lowest BCUT2D eigenvalue weighted by molar-refractivity contribution is -0.274. The number of carbonyl (C=O) groups excluding carboxylic acids is 1. The molecule has 0 aliphatic heterocycles. The molecular weight excluding hydrogens is 411 g/mol. The van der Waals surface area contributed by atoms with E-state index >= 15 is 0 Å². The Bertz CT molecular complexity index is 1250. The summed E-state index contributed by atoms with van der Waals surface area (Å²) in [6.07, 6.45) is -1.37. The molecule has 4 aromatic rings. The fourth-order valence-electron chi connectivity index (χ4n) is 3.09. The quantitative estimate of drug-likeness (QED) is 0.466. The number of hydrogen-bond donors (Lipinski definition) is 2. The number of aromatic nitrogens is 3. The van der Waals surface area contributed by atoms with Gasteiger partial charge >= 0.3 is 12.4 Å². The average Bonchev–Trinajstić information content (AvgIpc) is 3.05. The Hall–Kier alpha value is -4.08. The largest absolute Gasteiger partial charge is 0.573 e. The van der Waals surface area contributed by atoms with Gasteiger partial charge in [0.25, 0.3) is 0 Å². The molecule has 10 heteroatoms. The summed E-state index contributed by atoms with van der Waals surface area (Å²) in [5.41, 5.74) is 2.65. The maximum Gasteiger partial charge on any atom is 0.573 e. The number of rotatable bonds is 4. The van der Waals surface area contributed by atoms with Gasteiger partial charge in [-0.2, -0.15) is 0 Å². The Morgan fingerprint density at radius 1 is 1.06 bits per heavy atom. The fraction of sp³-hybridized carbons (Fsp3) is 0.0952. The number of hydrogen-bond acceptors (Lipinski definition) is 4. The summed E-state index contributed by atoms with van der Waals surface area (Å²) < 4.78 is 43.5. The monoisotopic (exact) mass is 427 g/mol. The van der Waals surface area contributed by atoms with E-state index in [2.05, 4.69) is 25.3 Å². The molecular formula is C21H16F3N5O2. The molecule has 0 unspecified atom stereocenters. The van der Waals surface area contributed by atoms with Crippen LogP contribution in [0, 0.1) is 6.92 Å². The van der Waals surface area contributed by atoms with Gasteiger partial charge in [0.05, 0.1) is 11.4 Å². The van der Waals surface area contributed by atoms with E-state index in [1.165, 1.54) is 18.2 Å². The lowest BCUT2D eigenvalue weighted by Gasteiger charge is -2.14. The Balaban J connectivity index is 1.53. The fourth-order valence-corrected chi connectivity index (χ4v) is 3.09. The van der Waals surface area contributed by atoms with Crippen molar-refractivity contribution in [1.82, 2.24) is 14.4 Å². The molecule has 2 aromatic carbocycles. The van der Waals surface area contributed by atoms with E-state index in [-0.39, 0.29) is 5.69 Å². The predicted molar refractivity (Wildman–Crippen MR) is 109 cm³/mol. The van der Waals surface area contributed by atoms with E-state index in [4.69, 9.17) is 0 Å². The zero-order chi connectivity index (χ0) is 22.0. The van der Waals surface area contributed by atoms with Crippen LogP contribution >= 0.6 is 0 Å². The third-order valence-corrected chi connectivity index (χ3v) is 4.40. The van der Waals surface area contributed by atoms with Gasteiger partial charge in [-0.05, 0) is 37.3 Å². The molecule has 0 saturated carbocycles. The molecule has 2 amide bonds. The van der Waals surface area contributed by atoms with Crippen molar-refractivity contribution in [3.8, 4) is 17.0 Å². The Labute approximate surface area is 174 Å². The number of fused-ring (bicyclic) bond motifs is 1. The maximum absolute atomic E-state index is 12.6. The summed E-state index contributed by atoms with van der Waals surface area (Å²) in [4.78, 5) is 21.1. The molecule has 7 nitrogen and oxygen atoms in total. The van der Waals surface area contributed by atoms with Crippen molar-refractivity contribution >= 4 is 23.2 Å². The van der Waals surface area contributed by atoms with E-state index in [9.17, 15) is 18.0 Å². The van der Waals surface area contributed by atoms with Crippen LogP contribution in [0.15, 0.2) is 67.0 Å². The van der Waals surface area contributed by atoms with Crippen molar-refractivity contribution < 1.29 is 22.7 Å². The predicted octanol–water partition coefficient (Wildman–Crippen LogP) is 5.25. The highest BCUT2D eigenvalue weighted by Gasteiger charge is 2.32. The molecule has 0 radical (unpaired) electrons. The van der Waals surface area contributed by atoms with Gasteiger partial charge in [0.1, 0.15) is 0 Å². The van der Waals surface area contributed by atoms with Crippen LogP contribution in [0.2, 0.25) is 0 Å². The van der Waals surface area contributed by atoms with Crippen molar-refractivity contribution in [3.63, 3.8) is 0 Å².